The Balaban J connectivity index is 2.24. The van der Waals surface area contributed by atoms with Crippen LogP contribution in [0.1, 0.15) is 33.1 Å². The zero-order valence-corrected chi connectivity index (χ0v) is 10.4. The zero-order chi connectivity index (χ0) is 12.0. The third kappa shape index (κ3) is 3.76. The molecule has 1 unspecified atom stereocenters. The van der Waals surface area contributed by atoms with Gasteiger partial charge in [0.25, 0.3) is 0 Å². The third-order valence-corrected chi connectivity index (χ3v) is 3.57. The van der Waals surface area contributed by atoms with Gasteiger partial charge in [-0.05, 0) is 31.8 Å². The Morgan fingerprint density at radius 2 is 2.06 bits per heavy atom. The number of nitrogens with zero attached hydrogens (tertiary/aromatic N) is 1. The van der Waals surface area contributed by atoms with Gasteiger partial charge >= 0.3 is 5.97 Å². The molecule has 4 heteroatoms. The van der Waals surface area contributed by atoms with E-state index in [2.05, 4.69) is 24.1 Å². The maximum absolute atomic E-state index is 11.1. The van der Waals surface area contributed by atoms with Gasteiger partial charge in [0.15, 0.2) is 0 Å². The van der Waals surface area contributed by atoms with Crippen molar-refractivity contribution < 1.29 is 9.90 Å². The predicted octanol–water partition coefficient (Wildman–Crippen LogP) is 1.17. The van der Waals surface area contributed by atoms with Gasteiger partial charge in [0.05, 0.1) is 0 Å². The zero-order valence-electron chi connectivity index (χ0n) is 10.4. The van der Waals surface area contributed by atoms with Crippen molar-refractivity contribution in [3.63, 3.8) is 0 Å². The summed E-state index contributed by atoms with van der Waals surface area (Å²) in [5.74, 6) is -0.335. The molecule has 0 aromatic heterocycles. The van der Waals surface area contributed by atoms with Crippen molar-refractivity contribution in [2.24, 2.45) is 5.92 Å². The molecule has 2 N–H and O–H groups in total. The van der Waals surface area contributed by atoms with Crippen molar-refractivity contribution in [1.82, 2.24) is 10.2 Å². The van der Waals surface area contributed by atoms with Gasteiger partial charge in [-0.15, -0.1) is 0 Å². The number of hydrogen-bond donors (Lipinski definition) is 2. The van der Waals surface area contributed by atoms with Gasteiger partial charge in [-0.1, -0.05) is 20.3 Å². The normalized spacial score (nSPS) is 18.4. The van der Waals surface area contributed by atoms with Crippen molar-refractivity contribution in [3.05, 3.63) is 0 Å². The first-order valence-electron chi connectivity index (χ1n) is 6.37. The van der Waals surface area contributed by atoms with Gasteiger partial charge in [-0.3, -0.25) is 4.79 Å². The molecule has 0 aliphatic heterocycles. The summed E-state index contributed by atoms with van der Waals surface area (Å²) < 4.78 is 0. The molecule has 0 amide bonds. The summed E-state index contributed by atoms with van der Waals surface area (Å²) >= 11 is 0. The first-order chi connectivity index (χ1) is 7.69. The van der Waals surface area contributed by atoms with Crippen LogP contribution in [-0.2, 0) is 4.79 Å². The molecule has 4 nitrogen and oxygen atoms in total. The predicted molar refractivity (Wildman–Crippen MR) is 64.6 cm³/mol. The second-order valence-corrected chi connectivity index (χ2v) is 4.49. The van der Waals surface area contributed by atoms with E-state index in [1.54, 1.807) is 0 Å². The number of likely N-dealkylation sites (N-methyl/N-ethyl adjacent to an activating group) is 1. The lowest BCUT2D eigenvalue weighted by Crippen LogP contribution is -2.47. The van der Waals surface area contributed by atoms with E-state index in [9.17, 15) is 4.79 Å². The van der Waals surface area contributed by atoms with E-state index < -0.39 is 5.97 Å². The van der Waals surface area contributed by atoms with Gasteiger partial charge in [0.2, 0.25) is 0 Å². The summed E-state index contributed by atoms with van der Waals surface area (Å²) in [4.78, 5) is 13.4. The van der Waals surface area contributed by atoms with Crippen LogP contribution >= 0.6 is 0 Å². The van der Waals surface area contributed by atoms with Crippen LogP contribution in [0.25, 0.3) is 0 Å². The number of carbonyl (C=O) groups is 1. The minimum absolute atomic E-state index is 0.329. The van der Waals surface area contributed by atoms with Crippen molar-refractivity contribution in [3.8, 4) is 0 Å². The van der Waals surface area contributed by atoms with Crippen LogP contribution < -0.4 is 5.32 Å². The quantitative estimate of drug-likeness (QED) is 0.655. The molecular weight excluding hydrogens is 204 g/mol. The highest BCUT2D eigenvalue weighted by Crippen LogP contribution is 2.29. The Labute approximate surface area is 98.0 Å². The van der Waals surface area contributed by atoms with Crippen LogP contribution in [0, 0.1) is 5.92 Å². The largest absolute Gasteiger partial charge is 0.480 e. The summed E-state index contributed by atoms with van der Waals surface area (Å²) in [6, 6.07) is -0.329. The highest BCUT2D eigenvalue weighted by molar-refractivity contribution is 5.74. The Morgan fingerprint density at radius 1 is 1.44 bits per heavy atom. The molecule has 1 fully saturated rings. The van der Waals surface area contributed by atoms with E-state index >= 15 is 0 Å². The summed E-state index contributed by atoms with van der Waals surface area (Å²) in [6.45, 7) is 8.02. The molecule has 0 saturated heterocycles. The maximum atomic E-state index is 11.1. The third-order valence-electron chi connectivity index (χ3n) is 3.57. The fraction of sp³-hybridized carbons (Fsp3) is 0.917. The second-order valence-electron chi connectivity index (χ2n) is 4.49. The monoisotopic (exact) mass is 228 g/mol. The number of aliphatic carboxylic acids is 1. The van der Waals surface area contributed by atoms with Gasteiger partial charge < -0.3 is 15.3 Å². The Hall–Kier alpha value is -0.610. The van der Waals surface area contributed by atoms with E-state index in [-0.39, 0.29) is 6.04 Å². The first kappa shape index (κ1) is 13.5. The number of carboxylic acid groups (broad SMARTS) is 1. The highest BCUT2D eigenvalue weighted by atomic mass is 16.4. The molecule has 1 atom stereocenters. The molecule has 16 heavy (non-hydrogen) atoms. The van der Waals surface area contributed by atoms with E-state index in [4.69, 9.17) is 5.11 Å². The van der Waals surface area contributed by atoms with Crippen molar-refractivity contribution in [2.75, 3.05) is 26.2 Å². The maximum Gasteiger partial charge on any atom is 0.320 e. The summed E-state index contributed by atoms with van der Waals surface area (Å²) in [7, 11) is 0. The van der Waals surface area contributed by atoms with Crippen LogP contribution in [0.5, 0.6) is 0 Å². The van der Waals surface area contributed by atoms with Gasteiger partial charge in [0.1, 0.15) is 6.04 Å². The van der Waals surface area contributed by atoms with Crippen LogP contribution in [0.15, 0.2) is 0 Å². The Kier molecular flexibility index (Phi) is 5.77. The van der Waals surface area contributed by atoms with E-state index in [0.29, 0.717) is 5.92 Å². The minimum Gasteiger partial charge on any atom is -0.480 e. The Bertz CT molecular complexity index is 213. The van der Waals surface area contributed by atoms with Crippen LogP contribution in [-0.4, -0.2) is 48.2 Å². The number of rotatable bonds is 8. The number of hydrogen-bond acceptors (Lipinski definition) is 3. The SMILES string of the molecule is CCN(CC)CCNC(C(=O)O)C1CCC1. The average Bonchev–Trinajstić information content (AvgIpc) is 2.19. The van der Waals surface area contributed by atoms with Crippen molar-refractivity contribution in [1.29, 1.82) is 0 Å². The topological polar surface area (TPSA) is 52.6 Å². The molecule has 1 rings (SSSR count). The molecule has 1 aliphatic rings. The molecule has 1 aliphatic carbocycles. The molecule has 0 radical (unpaired) electrons. The smallest absolute Gasteiger partial charge is 0.320 e. The van der Waals surface area contributed by atoms with Crippen LogP contribution in [0.2, 0.25) is 0 Å². The highest BCUT2D eigenvalue weighted by Gasteiger charge is 2.31. The van der Waals surface area contributed by atoms with Crippen LogP contribution in [0.4, 0.5) is 0 Å². The molecule has 0 bridgehead atoms. The lowest BCUT2D eigenvalue weighted by molar-refractivity contribution is -0.141. The molecule has 0 heterocycles. The summed E-state index contributed by atoms with van der Waals surface area (Å²) in [5, 5.41) is 12.3. The number of carboxylic acids is 1. The van der Waals surface area contributed by atoms with E-state index in [1.807, 2.05) is 0 Å². The second kappa shape index (κ2) is 6.86. The van der Waals surface area contributed by atoms with Gasteiger partial charge in [0, 0.05) is 13.1 Å². The molecular formula is C12H24N2O2. The molecule has 0 spiro atoms. The molecule has 94 valence electrons. The van der Waals surface area contributed by atoms with Crippen molar-refractivity contribution >= 4 is 5.97 Å². The van der Waals surface area contributed by atoms with E-state index in [0.717, 1.165) is 39.0 Å². The molecule has 0 aromatic carbocycles. The van der Waals surface area contributed by atoms with Crippen molar-refractivity contribution in [2.45, 2.75) is 39.2 Å². The molecule has 0 aromatic rings. The van der Waals surface area contributed by atoms with Gasteiger partial charge in [-0.2, -0.15) is 0 Å². The standard InChI is InChI=1S/C12H24N2O2/c1-3-14(4-2)9-8-13-11(12(15)16)10-6-5-7-10/h10-11,13H,3-9H2,1-2H3,(H,15,16). The Morgan fingerprint density at radius 3 is 2.44 bits per heavy atom. The summed E-state index contributed by atoms with van der Waals surface area (Å²) in [6.07, 6.45) is 3.32. The summed E-state index contributed by atoms with van der Waals surface area (Å²) in [5.41, 5.74) is 0. The van der Waals surface area contributed by atoms with E-state index in [1.165, 1.54) is 6.42 Å². The fourth-order valence-electron chi connectivity index (χ4n) is 2.15. The average molecular weight is 228 g/mol. The van der Waals surface area contributed by atoms with Crippen LogP contribution in [0.3, 0.4) is 0 Å². The lowest BCUT2D eigenvalue weighted by atomic mass is 9.79. The first-order valence-corrected chi connectivity index (χ1v) is 6.37. The fourth-order valence-corrected chi connectivity index (χ4v) is 2.15. The number of nitrogens with one attached hydrogen (secondary N) is 1. The van der Waals surface area contributed by atoms with Gasteiger partial charge in [-0.25, -0.2) is 0 Å². The minimum atomic E-state index is -0.691. The molecule has 1 saturated carbocycles. The lowest BCUT2D eigenvalue weighted by Gasteiger charge is -2.32.